The predicted octanol–water partition coefficient (Wildman–Crippen LogP) is 3.69. The number of nitrogens with zero attached hydrogens (tertiary/aromatic N) is 1. The van der Waals surface area contributed by atoms with Gasteiger partial charge >= 0.3 is 0 Å². The molecule has 1 aliphatic heterocycles. The molecule has 2 unspecified atom stereocenters. The molecular formula is C17H28N2O. The Kier molecular flexibility index (Phi) is 5.30. The number of anilines is 1. The molecule has 1 aromatic carbocycles. The summed E-state index contributed by atoms with van der Waals surface area (Å²) in [5.74, 6) is 1.22. The van der Waals surface area contributed by atoms with E-state index in [0.29, 0.717) is 5.75 Å². The number of aromatic hydroxyl groups is 1. The molecule has 3 nitrogen and oxygen atoms in total. The molecule has 0 radical (unpaired) electrons. The van der Waals surface area contributed by atoms with E-state index in [1.807, 2.05) is 6.07 Å². The van der Waals surface area contributed by atoms with Gasteiger partial charge in [-0.2, -0.15) is 0 Å². The topological polar surface area (TPSA) is 35.5 Å². The van der Waals surface area contributed by atoms with Gasteiger partial charge in [0.2, 0.25) is 0 Å². The maximum absolute atomic E-state index is 10.3. The first-order chi connectivity index (χ1) is 9.65. The molecule has 1 saturated heterocycles. The molecule has 3 heteroatoms. The summed E-state index contributed by atoms with van der Waals surface area (Å²) in [6.07, 6.45) is 3.63. The Hall–Kier alpha value is -1.22. The Morgan fingerprint density at radius 1 is 1.40 bits per heavy atom. The van der Waals surface area contributed by atoms with Crippen LogP contribution < -0.4 is 10.2 Å². The highest BCUT2D eigenvalue weighted by Gasteiger charge is 2.22. The van der Waals surface area contributed by atoms with Crippen molar-refractivity contribution in [2.24, 2.45) is 5.92 Å². The number of rotatable bonds is 6. The van der Waals surface area contributed by atoms with Gasteiger partial charge in [-0.25, -0.2) is 0 Å². The summed E-state index contributed by atoms with van der Waals surface area (Å²) in [7, 11) is 0. The lowest BCUT2D eigenvalue weighted by atomic mass is 10.1. The molecule has 20 heavy (non-hydrogen) atoms. The minimum absolute atomic E-state index is 0.200. The summed E-state index contributed by atoms with van der Waals surface area (Å²) in [4.78, 5) is 2.39. The lowest BCUT2D eigenvalue weighted by Crippen LogP contribution is -2.21. The monoisotopic (exact) mass is 276 g/mol. The van der Waals surface area contributed by atoms with Crippen molar-refractivity contribution in [3.8, 4) is 5.75 Å². The zero-order valence-corrected chi connectivity index (χ0v) is 13.0. The van der Waals surface area contributed by atoms with E-state index >= 15 is 0 Å². The number of hydrogen-bond acceptors (Lipinski definition) is 3. The third kappa shape index (κ3) is 3.45. The van der Waals surface area contributed by atoms with Crippen LogP contribution in [0, 0.1) is 5.92 Å². The van der Waals surface area contributed by atoms with Gasteiger partial charge < -0.3 is 15.3 Å². The third-order valence-electron chi connectivity index (χ3n) is 4.41. The molecule has 1 aromatic rings. The molecular weight excluding hydrogens is 248 g/mol. The van der Waals surface area contributed by atoms with Crippen molar-refractivity contribution in [1.29, 1.82) is 0 Å². The largest absolute Gasteiger partial charge is 0.508 e. The van der Waals surface area contributed by atoms with Crippen molar-refractivity contribution in [3.05, 3.63) is 23.8 Å². The van der Waals surface area contributed by atoms with Crippen molar-refractivity contribution in [2.75, 3.05) is 24.5 Å². The third-order valence-corrected chi connectivity index (χ3v) is 4.41. The van der Waals surface area contributed by atoms with Gasteiger partial charge in [0, 0.05) is 36.4 Å². The van der Waals surface area contributed by atoms with E-state index in [0.717, 1.165) is 43.2 Å². The first-order valence-electron chi connectivity index (χ1n) is 7.96. The van der Waals surface area contributed by atoms with Crippen LogP contribution in [0.5, 0.6) is 5.75 Å². The van der Waals surface area contributed by atoms with E-state index in [1.165, 1.54) is 12.8 Å². The molecule has 2 rings (SSSR count). The van der Waals surface area contributed by atoms with Crippen LogP contribution in [0.4, 0.5) is 5.69 Å². The van der Waals surface area contributed by atoms with Gasteiger partial charge in [0.15, 0.2) is 0 Å². The highest BCUT2D eigenvalue weighted by molar-refractivity contribution is 5.54. The SMILES string of the molecule is CCCNC(C)c1ccc(N2CCC(CC)C2)cc1O. The minimum atomic E-state index is 0.200. The van der Waals surface area contributed by atoms with Crippen LogP contribution in [0.2, 0.25) is 0 Å². The van der Waals surface area contributed by atoms with Crippen LogP contribution in [0.1, 0.15) is 51.6 Å². The fraction of sp³-hybridized carbons (Fsp3) is 0.647. The van der Waals surface area contributed by atoms with Crippen molar-refractivity contribution >= 4 is 5.69 Å². The molecule has 2 N–H and O–H groups in total. The first-order valence-corrected chi connectivity index (χ1v) is 7.96. The zero-order valence-electron chi connectivity index (χ0n) is 13.0. The standard InChI is InChI=1S/C17H28N2O/c1-4-9-18-13(3)16-7-6-15(11-17(16)20)19-10-8-14(5-2)12-19/h6-7,11,13-14,18,20H,4-5,8-10,12H2,1-3H3. The fourth-order valence-electron chi connectivity index (χ4n) is 2.97. The Balaban J connectivity index is 2.06. The highest BCUT2D eigenvalue weighted by Crippen LogP contribution is 2.32. The zero-order chi connectivity index (χ0) is 14.5. The van der Waals surface area contributed by atoms with Gasteiger partial charge in [0.05, 0.1) is 0 Å². The van der Waals surface area contributed by atoms with Crippen LogP contribution >= 0.6 is 0 Å². The molecule has 1 fully saturated rings. The molecule has 1 heterocycles. The average Bonchev–Trinajstić information content (AvgIpc) is 2.93. The quantitative estimate of drug-likeness (QED) is 0.832. The van der Waals surface area contributed by atoms with Crippen molar-refractivity contribution in [1.82, 2.24) is 5.32 Å². The molecule has 112 valence electrons. The molecule has 1 aliphatic rings. The van der Waals surface area contributed by atoms with Crippen molar-refractivity contribution in [3.63, 3.8) is 0 Å². The fourth-order valence-corrected chi connectivity index (χ4v) is 2.97. The van der Waals surface area contributed by atoms with Gasteiger partial charge in [-0.3, -0.25) is 0 Å². The normalized spacial score (nSPS) is 20.4. The Bertz CT molecular complexity index is 433. The second-order valence-electron chi connectivity index (χ2n) is 5.93. The number of phenolic OH excluding ortho intramolecular Hbond substituents is 1. The van der Waals surface area contributed by atoms with Crippen LogP contribution in [0.15, 0.2) is 18.2 Å². The summed E-state index contributed by atoms with van der Waals surface area (Å²) in [6.45, 7) is 9.73. The lowest BCUT2D eigenvalue weighted by molar-refractivity contribution is 0.452. The van der Waals surface area contributed by atoms with E-state index in [2.05, 4.69) is 43.1 Å². The van der Waals surface area contributed by atoms with E-state index in [-0.39, 0.29) is 6.04 Å². The van der Waals surface area contributed by atoms with Gasteiger partial charge in [-0.15, -0.1) is 0 Å². The van der Waals surface area contributed by atoms with Gasteiger partial charge in [0.1, 0.15) is 5.75 Å². The van der Waals surface area contributed by atoms with Gasteiger partial charge in [-0.1, -0.05) is 26.3 Å². The summed E-state index contributed by atoms with van der Waals surface area (Å²) in [6, 6.07) is 6.34. The predicted molar refractivity (Wildman–Crippen MR) is 85.4 cm³/mol. The second-order valence-corrected chi connectivity index (χ2v) is 5.93. The Morgan fingerprint density at radius 2 is 2.20 bits per heavy atom. The summed E-state index contributed by atoms with van der Waals surface area (Å²) in [5, 5.41) is 13.7. The number of nitrogens with one attached hydrogen (secondary N) is 1. The summed E-state index contributed by atoms with van der Waals surface area (Å²) < 4.78 is 0. The van der Waals surface area contributed by atoms with Gasteiger partial charge in [-0.05, 0) is 38.3 Å². The minimum Gasteiger partial charge on any atom is -0.508 e. The molecule has 0 aromatic heterocycles. The Labute approximate surface area is 123 Å². The average molecular weight is 276 g/mol. The van der Waals surface area contributed by atoms with Crippen LogP contribution in [-0.4, -0.2) is 24.7 Å². The van der Waals surface area contributed by atoms with E-state index in [4.69, 9.17) is 0 Å². The molecule has 0 aliphatic carbocycles. The van der Waals surface area contributed by atoms with Crippen LogP contribution in [0.25, 0.3) is 0 Å². The number of benzene rings is 1. The lowest BCUT2D eigenvalue weighted by Gasteiger charge is -2.21. The second kappa shape index (κ2) is 6.98. The maximum atomic E-state index is 10.3. The smallest absolute Gasteiger partial charge is 0.122 e. The van der Waals surface area contributed by atoms with Crippen LogP contribution in [-0.2, 0) is 0 Å². The van der Waals surface area contributed by atoms with Crippen LogP contribution in [0.3, 0.4) is 0 Å². The summed E-state index contributed by atoms with van der Waals surface area (Å²) >= 11 is 0. The Morgan fingerprint density at radius 3 is 2.80 bits per heavy atom. The van der Waals surface area contributed by atoms with Crippen molar-refractivity contribution < 1.29 is 5.11 Å². The molecule has 0 saturated carbocycles. The first kappa shape index (κ1) is 15.2. The molecule has 2 atom stereocenters. The van der Waals surface area contributed by atoms with E-state index in [9.17, 15) is 5.11 Å². The number of phenols is 1. The maximum Gasteiger partial charge on any atom is 0.122 e. The molecule has 0 spiro atoms. The highest BCUT2D eigenvalue weighted by atomic mass is 16.3. The van der Waals surface area contributed by atoms with Gasteiger partial charge in [0.25, 0.3) is 0 Å². The van der Waals surface area contributed by atoms with E-state index < -0.39 is 0 Å². The summed E-state index contributed by atoms with van der Waals surface area (Å²) in [5.41, 5.74) is 2.15. The molecule has 0 amide bonds. The number of hydrogen-bond donors (Lipinski definition) is 2. The van der Waals surface area contributed by atoms with Crippen molar-refractivity contribution in [2.45, 2.75) is 46.1 Å². The molecule has 0 bridgehead atoms. The van der Waals surface area contributed by atoms with E-state index in [1.54, 1.807) is 0 Å².